The summed E-state index contributed by atoms with van der Waals surface area (Å²) >= 11 is 17.7. The molecule has 6 nitrogen and oxygen atoms in total. The van der Waals surface area contributed by atoms with E-state index in [0.717, 1.165) is 18.2 Å². The number of anilines is 2. The van der Waals surface area contributed by atoms with Gasteiger partial charge in [-0.05, 0) is 60.7 Å². The summed E-state index contributed by atoms with van der Waals surface area (Å²) in [6.45, 7) is 0. The maximum Gasteiger partial charge on any atom is 0.573 e. The number of rotatable bonds is 6. The summed E-state index contributed by atoms with van der Waals surface area (Å²) in [5.74, 6) is -1.24. The maximum absolute atomic E-state index is 12.8. The molecule has 174 valence electrons. The van der Waals surface area contributed by atoms with Gasteiger partial charge in [-0.3, -0.25) is 9.52 Å². The van der Waals surface area contributed by atoms with E-state index in [1.807, 2.05) is 0 Å². The third-order valence-corrected chi connectivity index (χ3v) is 6.35. The fraction of sp³-hybridized carbons (Fsp3) is 0.0500. The molecule has 0 aromatic heterocycles. The highest BCUT2D eigenvalue weighted by atomic mass is 35.5. The minimum atomic E-state index is -4.86. The van der Waals surface area contributed by atoms with E-state index in [-0.39, 0.29) is 36.9 Å². The van der Waals surface area contributed by atoms with Gasteiger partial charge >= 0.3 is 6.36 Å². The molecule has 0 aliphatic heterocycles. The molecule has 3 aromatic rings. The van der Waals surface area contributed by atoms with E-state index < -0.39 is 28.0 Å². The quantitative estimate of drug-likeness (QED) is 0.370. The Balaban J connectivity index is 1.84. The number of sulfonamides is 1. The van der Waals surface area contributed by atoms with Crippen molar-refractivity contribution in [2.45, 2.75) is 11.3 Å². The predicted octanol–water partition coefficient (Wildman–Crippen LogP) is 6.60. The second-order valence-corrected chi connectivity index (χ2v) is 9.33. The van der Waals surface area contributed by atoms with Crippen LogP contribution < -0.4 is 14.8 Å². The molecule has 33 heavy (non-hydrogen) atoms. The number of carbonyl (C=O) groups is 1. The molecule has 3 aromatic carbocycles. The van der Waals surface area contributed by atoms with Crippen molar-refractivity contribution in [1.82, 2.24) is 0 Å². The van der Waals surface area contributed by atoms with Crippen LogP contribution in [-0.2, 0) is 10.0 Å². The van der Waals surface area contributed by atoms with Crippen molar-refractivity contribution in [3.8, 4) is 5.75 Å². The highest BCUT2D eigenvalue weighted by molar-refractivity contribution is 7.92. The third kappa shape index (κ3) is 6.67. The van der Waals surface area contributed by atoms with E-state index in [1.165, 1.54) is 42.5 Å². The van der Waals surface area contributed by atoms with Crippen LogP contribution in [-0.4, -0.2) is 20.7 Å². The van der Waals surface area contributed by atoms with Gasteiger partial charge in [0, 0.05) is 10.7 Å². The monoisotopic (exact) mass is 538 g/mol. The summed E-state index contributed by atoms with van der Waals surface area (Å²) in [7, 11) is -4.16. The first-order valence-electron chi connectivity index (χ1n) is 8.79. The number of hydrogen-bond donors (Lipinski definition) is 2. The summed E-state index contributed by atoms with van der Waals surface area (Å²) in [5, 5.41) is 2.78. The number of nitrogens with one attached hydrogen (secondary N) is 2. The van der Waals surface area contributed by atoms with Gasteiger partial charge in [0.1, 0.15) is 5.75 Å². The van der Waals surface area contributed by atoms with Gasteiger partial charge in [-0.2, -0.15) is 0 Å². The normalized spacial score (nSPS) is 11.7. The molecule has 2 N–H and O–H groups in total. The van der Waals surface area contributed by atoms with Crippen molar-refractivity contribution in [3.05, 3.63) is 81.3 Å². The Hall–Kier alpha value is -2.66. The smallest absolute Gasteiger partial charge is 0.406 e. The average Bonchev–Trinajstić information content (AvgIpc) is 2.71. The second kappa shape index (κ2) is 9.68. The minimum Gasteiger partial charge on any atom is -0.406 e. The number of alkyl halides is 3. The number of halogens is 6. The van der Waals surface area contributed by atoms with Crippen LogP contribution in [0.1, 0.15) is 10.4 Å². The van der Waals surface area contributed by atoms with Gasteiger partial charge in [-0.1, -0.05) is 34.8 Å². The Bertz CT molecular complexity index is 1300. The van der Waals surface area contributed by atoms with E-state index >= 15 is 0 Å². The summed E-state index contributed by atoms with van der Waals surface area (Å²) < 4.78 is 68.4. The maximum atomic E-state index is 12.8. The highest BCUT2D eigenvalue weighted by Crippen LogP contribution is 2.29. The Morgan fingerprint density at radius 2 is 1.55 bits per heavy atom. The van der Waals surface area contributed by atoms with Gasteiger partial charge in [-0.15, -0.1) is 13.2 Å². The average molecular weight is 540 g/mol. The lowest BCUT2D eigenvalue weighted by Crippen LogP contribution is -2.19. The molecule has 3 rings (SSSR count). The van der Waals surface area contributed by atoms with Crippen LogP contribution in [0.2, 0.25) is 15.1 Å². The van der Waals surface area contributed by atoms with Crippen molar-refractivity contribution in [1.29, 1.82) is 0 Å². The molecule has 0 saturated heterocycles. The lowest BCUT2D eigenvalue weighted by molar-refractivity contribution is -0.274. The van der Waals surface area contributed by atoms with Crippen molar-refractivity contribution < 1.29 is 31.1 Å². The van der Waals surface area contributed by atoms with Gasteiger partial charge in [0.2, 0.25) is 0 Å². The van der Waals surface area contributed by atoms with Crippen molar-refractivity contribution in [2.75, 3.05) is 10.0 Å². The molecule has 0 radical (unpaired) electrons. The molecule has 0 atom stereocenters. The third-order valence-electron chi connectivity index (χ3n) is 4.02. The molecule has 13 heteroatoms. The predicted molar refractivity (Wildman–Crippen MR) is 120 cm³/mol. The molecular formula is C20H12Cl3F3N2O4S. The molecule has 0 aliphatic rings. The Labute approximate surface area is 201 Å². The van der Waals surface area contributed by atoms with Gasteiger partial charge in [0.25, 0.3) is 15.9 Å². The molecular weight excluding hydrogens is 528 g/mol. The zero-order valence-corrected chi connectivity index (χ0v) is 19.2. The summed E-state index contributed by atoms with van der Waals surface area (Å²) in [5.41, 5.74) is -0.102. The molecule has 0 bridgehead atoms. The lowest BCUT2D eigenvalue weighted by atomic mass is 10.1. The number of benzene rings is 3. The SMILES string of the molecule is O=C(Nc1ccc(OC(F)(F)F)cc1)c1cc(Cl)ccc1NS(=O)(=O)c1ccc(Cl)c(Cl)c1. The van der Waals surface area contributed by atoms with Gasteiger partial charge < -0.3 is 10.1 Å². The summed E-state index contributed by atoms with van der Waals surface area (Å²) in [6.07, 6.45) is -4.86. The van der Waals surface area contributed by atoms with E-state index in [9.17, 15) is 26.4 Å². The molecule has 0 heterocycles. The van der Waals surface area contributed by atoms with E-state index in [1.54, 1.807) is 0 Å². The van der Waals surface area contributed by atoms with Crippen LogP contribution in [0.4, 0.5) is 24.5 Å². The fourth-order valence-electron chi connectivity index (χ4n) is 2.58. The van der Waals surface area contributed by atoms with Crippen LogP contribution >= 0.6 is 34.8 Å². The van der Waals surface area contributed by atoms with Gasteiger partial charge in [-0.25, -0.2) is 8.42 Å². The highest BCUT2D eigenvalue weighted by Gasteiger charge is 2.31. The number of carbonyl (C=O) groups excluding carboxylic acids is 1. The van der Waals surface area contributed by atoms with Crippen molar-refractivity contribution >= 4 is 62.1 Å². The Morgan fingerprint density at radius 1 is 0.879 bits per heavy atom. The van der Waals surface area contributed by atoms with Gasteiger partial charge in [0.15, 0.2) is 0 Å². The number of hydrogen-bond acceptors (Lipinski definition) is 4. The van der Waals surface area contributed by atoms with Crippen LogP contribution in [0.5, 0.6) is 5.75 Å². The van der Waals surface area contributed by atoms with Crippen LogP contribution in [0.15, 0.2) is 65.6 Å². The van der Waals surface area contributed by atoms with Crippen molar-refractivity contribution in [2.24, 2.45) is 0 Å². The second-order valence-electron chi connectivity index (χ2n) is 6.40. The van der Waals surface area contributed by atoms with Crippen LogP contribution in [0.3, 0.4) is 0 Å². The standard InChI is InChI=1S/C20H12Cl3F3N2O4S/c21-11-1-8-18(28-33(30,31)14-6-7-16(22)17(23)10-14)15(9-11)19(29)27-12-2-4-13(5-3-12)32-20(24,25)26/h1-10,28H,(H,27,29). The molecule has 1 amide bonds. The number of amides is 1. The molecule has 0 unspecified atom stereocenters. The zero-order valence-electron chi connectivity index (χ0n) is 16.1. The topological polar surface area (TPSA) is 84.5 Å². The molecule has 0 aliphatic carbocycles. The first-order valence-corrected chi connectivity index (χ1v) is 11.4. The van der Waals surface area contributed by atoms with E-state index in [4.69, 9.17) is 34.8 Å². The molecule has 0 saturated carbocycles. The summed E-state index contributed by atoms with van der Waals surface area (Å²) in [6, 6.07) is 11.9. The summed E-state index contributed by atoms with van der Waals surface area (Å²) in [4.78, 5) is 12.6. The first kappa shape index (κ1) is 25.0. The molecule has 0 spiro atoms. The fourth-order valence-corrected chi connectivity index (χ4v) is 4.22. The number of ether oxygens (including phenoxy) is 1. The van der Waals surface area contributed by atoms with E-state index in [2.05, 4.69) is 14.8 Å². The largest absolute Gasteiger partial charge is 0.573 e. The lowest BCUT2D eigenvalue weighted by Gasteiger charge is -2.14. The van der Waals surface area contributed by atoms with Crippen molar-refractivity contribution in [3.63, 3.8) is 0 Å². The van der Waals surface area contributed by atoms with Crippen LogP contribution in [0, 0.1) is 0 Å². The Morgan fingerprint density at radius 3 is 2.15 bits per heavy atom. The Kier molecular flexibility index (Phi) is 7.32. The first-order chi connectivity index (χ1) is 15.3. The zero-order chi connectivity index (χ0) is 24.4. The van der Waals surface area contributed by atoms with Crippen LogP contribution in [0.25, 0.3) is 0 Å². The molecule has 0 fully saturated rings. The van der Waals surface area contributed by atoms with E-state index in [0.29, 0.717) is 0 Å². The van der Waals surface area contributed by atoms with Gasteiger partial charge in [0.05, 0.1) is 26.2 Å². The minimum absolute atomic E-state index is 0.0200.